The Labute approximate surface area is 170 Å². The number of nitrogens with zero attached hydrogens (tertiary/aromatic N) is 3. The molecule has 1 unspecified atom stereocenters. The number of piperazine rings is 2. The van der Waals surface area contributed by atoms with Crippen LogP contribution in [0.3, 0.4) is 0 Å². The average molecular weight is 415 g/mol. The zero-order valence-electron chi connectivity index (χ0n) is 15.2. The molecule has 2 aliphatic rings. The summed E-state index contributed by atoms with van der Waals surface area (Å²) in [6.07, 6.45) is 0. The van der Waals surface area contributed by atoms with Gasteiger partial charge in [-0.1, -0.05) is 29.8 Å². The Balaban J connectivity index is 0.00000261. The lowest BCUT2D eigenvalue weighted by atomic mass is 10.0. The molecule has 1 aromatic rings. The van der Waals surface area contributed by atoms with Crippen molar-refractivity contribution >= 4 is 41.7 Å². The monoisotopic (exact) mass is 414 g/mol. The van der Waals surface area contributed by atoms with Crippen molar-refractivity contribution in [3.63, 3.8) is 0 Å². The number of hydrogen-bond acceptors (Lipinski definition) is 4. The van der Waals surface area contributed by atoms with Gasteiger partial charge in [0.05, 0.1) is 6.04 Å². The lowest BCUT2D eigenvalue weighted by Crippen LogP contribution is -2.58. The van der Waals surface area contributed by atoms with Crippen molar-refractivity contribution in [2.45, 2.75) is 13.0 Å². The van der Waals surface area contributed by atoms with E-state index in [1.165, 1.54) is 9.80 Å². The predicted molar refractivity (Wildman–Crippen MR) is 105 cm³/mol. The molecule has 2 heterocycles. The van der Waals surface area contributed by atoms with E-state index in [4.69, 9.17) is 11.6 Å². The Hall–Kier alpha value is -1.83. The molecule has 0 saturated carbocycles. The summed E-state index contributed by atoms with van der Waals surface area (Å²) in [4.78, 5) is 41.8. The molecule has 2 saturated heterocycles. The summed E-state index contributed by atoms with van der Waals surface area (Å²) in [6, 6.07) is 7.28. The maximum Gasteiger partial charge on any atom is 0.312 e. The van der Waals surface area contributed by atoms with Crippen LogP contribution in [0, 0.1) is 0 Å². The fourth-order valence-corrected chi connectivity index (χ4v) is 3.71. The van der Waals surface area contributed by atoms with E-state index < -0.39 is 11.8 Å². The number of carbonyl (C=O) groups is 3. The number of benzene rings is 1. The van der Waals surface area contributed by atoms with Crippen molar-refractivity contribution in [2.24, 2.45) is 0 Å². The third kappa shape index (κ3) is 4.54. The SMILES string of the molecule is CCN1CCN(CC(=O)N2CCNCC2c2ccccc2Cl)C(=O)C1=O.Cl. The number of likely N-dealkylation sites (N-methyl/N-ethyl adjacent to an activating group) is 1. The fourth-order valence-electron chi connectivity index (χ4n) is 3.45. The van der Waals surface area contributed by atoms with E-state index >= 15 is 0 Å². The summed E-state index contributed by atoms with van der Waals surface area (Å²) in [6.45, 7) is 4.92. The topological polar surface area (TPSA) is 73.0 Å². The zero-order valence-corrected chi connectivity index (χ0v) is 16.8. The minimum absolute atomic E-state index is 0. The largest absolute Gasteiger partial charge is 0.333 e. The Morgan fingerprint density at radius 2 is 1.81 bits per heavy atom. The van der Waals surface area contributed by atoms with Crippen LogP contribution < -0.4 is 5.32 Å². The maximum absolute atomic E-state index is 12.9. The first-order valence-corrected chi connectivity index (χ1v) is 9.23. The first-order chi connectivity index (χ1) is 12.5. The van der Waals surface area contributed by atoms with E-state index in [-0.39, 0.29) is 30.9 Å². The second-order valence-electron chi connectivity index (χ2n) is 6.44. The van der Waals surface area contributed by atoms with Crippen molar-refractivity contribution in [2.75, 3.05) is 45.8 Å². The molecule has 148 valence electrons. The van der Waals surface area contributed by atoms with Gasteiger partial charge in [-0.3, -0.25) is 14.4 Å². The molecule has 1 atom stereocenters. The van der Waals surface area contributed by atoms with Gasteiger partial charge in [0.1, 0.15) is 6.54 Å². The van der Waals surface area contributed by atoms with Crippen molar-refractivity contribution in [3.05, 3.63) is 34.9 Å². The van der Waals surface area contributed by atoms with Crippen LogP contribution >= 0.6 is 24.0 Å². The lowest BCUT2D eigenvalue weighted by molar-refractivity contribution is -0.158. The van der Waals surface area contributed by atoms with Gasteiger partial charge in [-0.25, -0.2) is 0 Å². The second kappa shape index (κ2) is 9.39. The Kier molecular flexibility index (Phi) is 7.47. The van der Waals surface area contributed by atoms with Crippen LogP contribution in [0.1, 0.15) is 18.5 Å². The maximum atomic E-state index is 12.9. The first kappa shape index (κ1) is 21.5. The number of halogens is 2. The van der Waals surface area contributed by atoms with Gasteiger partial charge >= 0.3 is 11.8 Å². The molecule has 0 radical (unpaired) electrons. The van der Waals surface area contributed by atoms with Crippen molar-refractivity contribution in [3.8, 4) is 0 Å². The van der Waals surface area contributed by atoms with Gasteiger partial charge in [0.25, 0.3) is 0 Å². The lowest BCUT2D eigenvalue weighted by Gasteiger charge is -2.39. The second-order valence-corrected chi connectivity index (χ2v) is 6.85. The van der Waals surface area contributed by atoms with Crippen molar-refractivity contribution in [1.29, 1.82) is 0 Å². The third-order valence-corrected chi connectivity index (χ3v) is 5.28. The van der Waals surface area contributed by atoms with Gasteiger partial charge in [-0.05, 0) is 18.6 Å². The molecule has 0 aromatic heterocycles. The van der Waals surface area contributed by atoms with Crippen LogP contribution in [0.4, 0.5) is 0 Å². The van der Waals surface area contributed by atoms with E-state index in [0.717, 1.165) is 5.56 Å². The van der Waals surface area contributed by atoms with Crippen LogP contribution in [0.25, 0.3) is 0 Å². The number of amides is 3. The smallest absolute Gasteiger partial charge is 0.312 e. The van der Waals surface area contributed by atoms with E-state index in [2.05, 4.69) is 5.32 Å². The van der Waals surface area contributed by atoms with Crippen LogP contribution in [0.15, 0.2) is 24.3 Å². The van der Waals surface area contributed by atoms with Gasteiger partial charge in [0.2, 0.25) is 5.91 Å². The van der Waals surface area contributed by atoms with Crippen molar-refractivity contribution < 1.29 is 14.4 Å². The van der Waals surface area contributed by atoms with E-state index in [1.807, 2.05) is 25.1 Å². The Bertz CT molecular complexity index is 716. The molecule has 1 N–H and O–H groups in total. The molecular weight excluding hydrogens is 391 g/mol. The molecule has 0 aliphatic carbocycles. The van der Waals surface area contributed by atoms with Gasteiger partial charge in [0.15, 0.2) is 0 Å². The standard InChI is InChI=1S/C18H23ClN4O3.ClH/c1-2-21-9-10-22(18(26)17(21)25)12-16(24)23-8-7-20-11-15(23)13-5-3-4-6-14(13)19;/h3-6,15,20H,2,7-12H2,1H3;1H. The molecule has 3 rings (SSSR count). The molecular formula is C18H24Cl2N4O3. The normalized spacial score (nSPS) is 20.5. The summed E-state index contributed by atoms with van der Waals surface area (Å²) >= 11 is 6.31. The summed E-state index contributed by atoms with van der Waals surface area (Å²) in [5, 5.41) is 3.90. The molecule has 0 spiro atoms. The van der Waals surface area contributed by atoms with E-state index in [9.17, 15) is 14.4 Å². The first-order valence-electron chi connectivity index (χ1n) is 8.85. The molecule has 2 fully saturated rings. The summed E-state index contributed by atoms with van der Waals surface area (Å²) < 4.78 is 0. The Morgan fingerprint density at radius 3 is 2.52 bits per heavy atom. The van der Waals surface area contributed by atoms with Crippen LogP contribution in [0.5, 0.6) is 0 Å². The van der Waals surface area contributed by atoms with Gasteiger partial charge in [0, 0.05) is 44.3 Å². The van der Waals surface area contributed by atoms with Gasteiger partial charge < -0.3 is 20.0 Å². The minimum Gasteiger partial charge on any atom is -0.333 e. The predicted octanol–water partition coefficient (Wildman–Crippen LogP) is 0.925. The van der Waals surface area contributed by atoms with Crippen LogP contribution in [-0.2, 0) is 14.4 Å². The van der Waals surface area contributed by atoms with E-state index in [0.29, 0.717) is 44.3 Å². The molecule has 1 aromatic carbocycles. The highest BCUT2D eigenvalue weighted by molar-refractivity contribution is 6.35. The number of nitrogens with one attached hydrogen (secondary N) is 1. The molecule has 2 aliphatic heterocycles. The van der Waals surface area contributed by atoms with Gasteiger partial charge in [-0.15, -0.1) is 12.4 Å². The minimum atomic E-state index is -0.601. The molecule has 0 bridgehead atoms. The molecule has 7 nitrogen and oxygen atoms in total. The van der Waals surface area contributed by atoms with E-state index in [1.54, 1.807) is 11.0 Å². The highest BCUT2D eigenvalue weighted by Gasteiger charge is 2.35. The Morgan fingerprint density at radius 1 is 1.15 bits per heavy atom. The third-order valence-electron chi connectivity index (χ3n) is 4.93. The summed E-state index contributed by atoms with van der Waals surface area (Å²) in [7, 11) is 0. The molecule has 27 heavy (non-hydrogen) atoms. The number of hydrogen-bond donors (Lipinski definition) is 1. The fraction of sp³-hybridized carbons (Fsp3) is 0.500. The van der Waals surface area contributed by atoms with Crippen LogP contribution in [-0.4, -0.2) is 78.2 Å². The number of carbonyl (C=O) groups excluding carboxylic acids is 3. The van der Waals surface area contributed by atoms with Crippen molar-refractivity contribution in [1.82, 2.24) is 20.0 Å². The highest BCUT2D eigenvalue weighted by atomic mass is 35.5. The summed E-state index contributed by atoms with van der Waals surface area (Å²) in [5.41, 5.74) is 0.882. The highest BCUT2D eigenvalue weighted by Crippen LogP contribution is 2.28. The van der Waals surface area contributed by atoms with Gasteiger partial charge in [-0.2, -0.15) is 0 Å². The van der Waals surface area contributed by atoms with Crippen LogP contribution in [0.2, 0.25) is 5.02 Å². The average Bonchev–Trinajstić information content (AvgIpc) is 2.66. The quantitative estimate of drug-likeness (QED) is 0.743. The molecule has 9 heteroatoms. The number of rotatable bonds is 4. The zero-order chi connectivity index (χ0) is 18.7. The summed E-state index contributed by atoms with van der Waals surface area (Å²) in [5.74, 6) is -1.30. The molecule has 3 amide bonds.